The second-order valence-electron chi connectivity index (χ2n) is 5.18. The number of carbonyl (C=O) groups is 1. The maximum atomic E-state index is 12.8. The molecule has 2 saturated heterocycles. The van der Waals surface area contributed by atoms with Crippen LogP contribution in [0, 0.1) is 5.41 Å². The highest BCUT2D eigenvalue weighted by molar-refractivity contribution is 7.99. The van der Waals surface area contributed by atoms with Crippen molar-refractivity contribution in [2.75, 3.05) is 37.7 Å². The zero-order valence-corrected chi connectivity index (χ0v) is 11.7. The minimum absolute atomic E-state index is 0.0397. The Labute approximate surface area is 109 Å². The minimum Gasteiger partial charge on any atom is -0.341 e. The fourth-order valence-corrected chi connectivity index (χ4v) is 3.96. The molecule has 0 spiro atoms. The van der Waals surface area contributed by atoms with Crippen molar-refractivity contribution in [1.82, 2.24) is 10.2 Å². The van der Waals surface area contributed by atoms with Gasteiger partial charge in [-0.05, 0) is 32.4 Å². The summed E-state index contributed by atoms with van der Waals surface area (Å²) in [5.41, 5.74) is -0.0397. The van der Waals surface area contributed by atoms with Crippen LogP contribution in [-0.2, 0) is 4.79 Å². The van der Waals surface area contributed by atoms with E-state index in [0.29, 0.717) is 5.91 Å². The predicted octanol–water partition coefficient (Wildman–Crippen LogP) is 1.73. The Morgan fingerprint density at radius 2 is 1.94 bits per heavy atom. The Morgan fingerprint density at radius 3 is 2.53 bits per heavy atom. The van der Waals surface area contributed by atoms with Gasteiger partial charge in [-0.15, -0.1) is 0 Å². The van der Waals surface area contributed by atoms with Gasteiger partial charge in [0.05, 0.1) is 5.41 Å². The van der Waals surface area contributed by atoms with Crippen molar-refractivity contribution in [2.24, 2.45) is 5.41 Å². The van der Waals surface area contributed by atoms with Gasteiger partial charge in [0.1, 0.15) is 0 Å². The van der Waals surface area contributed by atoms with Crippen LogP contribution in [0.3, 0.4) is 0 Å². The number of nitrogens with zero attached hydrogens (tertiary/aromatic N) is 1. The molecule has 3 nitrogen and oxygen atoms in total. The van der Waals surface area contributed by atoms with E-state index in [1.54, 1.807) is 0 Å². The largest absolute Gasteiger partial charge is 0.341 e. The molecule has 0 aromatic carbocycles. The molecule has 0 unspecified atom stereocenters. The molecule has 98 valence electrons. The van der Waals surface area contributed by atoms with Crippen LogP contribution in [0.4, 0.5) is 0 Å². The van der Waals surface area contributed by atoms with Crippen LogP contribution in [0.1, 0.15) is 32.6 Å². The second kappa shape index (κ2) is 6.10. The highest BCUT2D eigenvalue weighted by Gasteiger charge is 2.41. The lowest BCUT2D eigenvalue weighted by Crippen LogP contribution is -2.51. The van der Waals surface area contributed by atoms with Crippen LogP contribution in [-0.4, -0.2) is 48.5 Å². The van der Waals surface area contributed by atoms with Gasteiger partial charge in [0.2, 0.25) is 5.91 Å². The van der Waals surface area contributed by atoms with Crippen LogP contribution in [0.25, 0.3) is 0 Å². The summed E-state index contributed by atoms with van der Waals surface area (Å²) in [7, 11) is 0. The third kappa shape index (κ3) is 2.97. The fourth-order valence-electron chi connectivity index (χ4n) is 3.06. The number of hydrogen-bond acceptors (Lipinski definition) is 3. The summed E-state index contributed by atoms with van der Waals surface area (Å²) in [5, 5.41) is 3.38. The lowest BCUT2D eigenvalue weighted by molar-refractivity contribution is -0.144. The van der Waals surface area contributed by atoms with Crippen molar-refractivity contribution in [3.63, 3.8) is 0 Å². The number of nitrogens with one attached hydrogen (secondary N) is 1. The summed E-state index contributed by atoms with van der Waals surface area (Å²) < 4.78 is 0. The van der Waals surface area contributed by atoms with Gasteiger partial charge in [0, 0.05) is 24.6 Å². The van der Waals surface area contributed by atoms with Crippen molar-refractivity contribution in [3.05, 3.63) is 0 Å². The Balaban J connectivity index is 2.05. The van der Waals surface area contributed by atoms with Crippen LogP contribution >= 0.6 is 11.8 Å². The molecule has 2 aliphatic rings. The van der Waals surface area contributed by atoms with Crippen LogP contribution in [0.5, 0.6) is 0 Å². The van der Waals surface area contributed by atoms with Gasteiger partial charge >= 0.3 is 0 Å². The Bertz CT molecular complexity index is 253. The molecular formula is C13H24N2OS. The monoisotopic (exact) mass is 256 g/mol. The van der Waals surface area contributed by atoms with Gasteiger partial charge in [-0.25, -0.2) is 0 Å². The summed E-state index contributed by atoms with van der Waals surface area (Å²) in [4.78, 5) is 14.9. The molecule has 1 amide bonds. The zero-order chi connectivity index (χ0) is 12.1. The third-order valence-corrected chi connectivity index (χ3v) is 4.98. The summed E-state index contributed by atoms with van der Waals surface area (Å²) in [6.07, 6.45) is 4.25. The SMILES string of the molecule is CCCC1(C(=O)N2CCSCC2)CCNCC1. The molecule has 17 heavy (non-hydrogen) atoms. The van der Waals surface area contributed by atoms with Crippen LogP contribution in [0.15, 0.2) is 0 Å². The van der Waals surface area contributed by atoms with Crippen LogP contribution in [0.2, 0.25) is 0 Å². The normalized spacial score (nSPS) is 24.6. The molecule has 0 aliphatic carbocycles. The van der Waals surface area contributed by atoms with E-state index in [2.05, 4.69) is 17.1 Å². The predicted molar refractivity (Wildman–Crippen MR) is 73.3 cm³/mol. The van der Waals surface area contributed by atoms with Gasteiger partial charge in [-0.1, -0.05) is 13.3 Å². The van der Waals surface area contributed by atoms with Crippen molar-refractivity contribution in [2.45, 2.75) is 32.6 Å². The molecule has 0 atom stereocenters. The quantitative estimate of drug-likeness (QED) is 0.834. The van der Waals surface area contributed by atoms with Crippen molar-refractivity contribution in [1.29, 1.82) is 0 Å². The van der Waals surface area contributed by atoms with Gasteiger partial charge in [-0.3, -0.25) is 4.79 Å². The topological polar surface area (TPSA) is 32.3 Å². The summed E-state index contributed by atoms with van der Waals surface area (Å²) in [5.74, 6) is 2.68. The standard InChI is InChI=1S/C13H24N2OS/c1-2-3-13(4-6-14-7-5-13)12(16)15-8-10-17-11-9-15/h14H,2-11H2,1H3. The van der Waals surface area contributed by atoms with Crippen molar-refractivity contribution < 1.29 is 4.79 Å². The number of thioether (sulfide) groups is 1. The molecule has 2 heterocycles. The average Bonchev–Trinajstić information content (AvgIpc) is 2.40. The molecule has 2 fully saturated rings. The van der Waals surface area contributed by atoms with E-state index in [0.717, 1.165) is 63.4 Å². The Morgan fingerprint density at radius 1 is 1.29 bits per heavy atom. The molecule has 0 aromatic rings. The van der Waals surface area contributed by atoms with E-state index >= 15 is 0 Å². The molecule has 0 bridgehead atoms. The van der Waals surface area contributed by atoms with Gasteiger partial charge < -0.3 is 10.2 Å². The fraction of sp³-hybridized carbons (Fsp3) is 0.923. The molecule has 4 heteroatoms. The summed E-state index contributed by atoms with van der Waals surface area (Å²) in [6, 6.07) is 0. The number of rotatable bonds is 3. The van der Waals surface area contributed by atoms with Gasteiger partial charge in [-0.2, -0.15) is 11.8 Å². The number of hydrogen-bond donors (Lipinski definition) is 1. The number of carbonyl (C=O) groups excluding carboxylic acids is 1. The van der Waals surface area contributed by atoms with E-state index in [1.807, 2.05) is 11.8 Å². The highest BCUT2D eigenvalue weighted by Crippen LogP contribution is 2.36. The molecule has 0 aromatic heterocycles. The zero-order valence-electron chi connectivity index (χ0n) is 10.8. The molecule has 2 aliphatic heterocycles. The Hall–Kier alpha value is -0.220. The van der Waals surface area contributed by atoms with Crippen LogP contribution < -0.4 is 5.32 Å². The maximum Gasteiger partial charge on any atom is 0.228 e. The van der Waals surface area contributed by atoms with Gasteiger partial charge in [0.25, 0.3) is 0 Å². The first-order valence-corrected chi connectivity index (χ1v) is 8.02. The first kappa shape index (κ1) is 13.2. The molecule has 0 saturated carbocycles. The minimum atomic E-state index is -0.0397. The molecule has 2 rings (SSSR count). The lowest BCUT2D eigenvalue weighted by atomic mass is 9.74. The smallest absolute Gasteiger partial charge is 0.228 e. The number of amides is 1. The Kier molecular flexibility index (Phi) is 4.74. The lowest BCUT2D eigenvalue weighted by Gasteiger charge is -2.41. The van der Waals surface area contributed by atoms with E-state index in [4.69, 9.17) is 0 Å². The molecule has 1 N–H and O–H groups in total. The first-order chi connectivity index (χ1) is 8.28. The average molecular weight is 256 g/mol. The van der Waals surface area contributed by atoms with E-state index in [1.165, 1.54) is 0 Å². The molecule has 0 radical (unpaired) electrons. The molecular weight excluding hydrogens is 232 g/mol. The summed E-state index contributed by atoms with van der Waals surface area (Å²) >= 11 is 1.97. The second-order valence-corrected chi connectivity index (χ2v) is 6.41. The van der Waals surface area contributed by atoms with E-state index < -0.39 is 0 Å². The van der Waals surface area contributed by atoms with E-state index in [-0.39, 0.29) is 5.41 Å². The highest BCUT2D eigenvalue weighted by atomic mass is 32.2. The van der Waals surface area contributed by atoms with Crippen molar-refractivity contribution in [3.8, 4) is 0 Å². The van der Waals surface area contributed by atoms with E-state index in [9.17, 15) is 4.79 Å². The maximum absolute atomic E-state index is 12.8. The first-order valence-electron chi connectivity index (χ1n) is 6.86. The number of piperidine rings is 1. The summed E-state index contributed by atoms with van der Waals surface area (Å²) in [6.45, 7) is 6.14. The van der Waals surface area contributed by atoms with Gasteiger partial charge in [0.15, 0.2) is 0 Å². The van der Waals surface area contributed by atoms with Crippen molar-refractivity contribution >= 4 is 17.7 Å². The third-order valence-electron chi connectivity index (χ3n) is 4.04.